The van der Waals surface area contributed by atoms with Crippen molar-refractivity contribution in [2.24, 2.45) is 0 Å². The minimum Gasteiger partial charge on any atom is -0.293 e. The van der Waals surface area contributed by atoms with E-state index in [-0.39, 0.29) is 5.78 Å². The minimum atomic E-state index is 0.278. The van der Waals surface area contributed by atoms with E-state index in [1.54, 1.807) is 0 Å². The van der Waals surface area contributed by atoms with Gasteiger partial charge in [0.1, 0.15) is 0 Å². The number of hydrogen-bond acceptors (Lipinski definition) is 2. The van der Waals surface area contributed by atoms with Crippen molar-refractivity contribution in [1.29, 1.82) is 0 Å². The van der Waals surface area contributed by atoms with Gasteiger partial charge in [-0.3, -0.25) is 4.79 Å². The van der Waals surface area contributed by atoms with E-state index in [0.717, 1.165) is 20.2 Å². The normalized spacial score (nSPS) is 11.1. The van der Waals surface area contributed by atoms with E-state index < -0.39 is 0 Å². The van der Waals surface area contributed by atoms with Crippen LogP contribution in [0.15, 0.2) is 14.3 Å². The maximum atomic E-state index is 12.1. The first-order valence-electron chi connectivity index (χ1n) is 9.62. The van der Waals surface area contributed by atoms with E-state index in [1.807, 2.05) is 5.38 Å². The Morgan fingerprint density at radius 2 is 1.29 bits per heavy atom. The lowest BCUT2D eigenvalue weighted by Gasteiger charge is -2.03. The first-order valence-corrected chi connectivity index (χ1v) is 12.1. The van der Waals surface area contributed by atoms with Crippen LogP contribution in [0.2, 0.25) is 0 Å². The molecule has 0 fully saturated rings. The maximum absolute atomic E-state index is 12.1. The van der Waals surface area contributed by atoms with Gasteiger partial charge in [-0.1, -0.05) is 84.0 Å². The molecule has 138 valence electrons. The standard InChI is InChI=1S/C20H32Br2OS/c1-2-3-4-5-6-7-8-9-10-11-12-13-14-15-18(23)20-19(22)17(21)16-24-20/h16H,2-15H2,1H3. The molecule has 0 aromatic carbocycles. The molecule has 0 aliphatic rings. The molecule has 0 bridgehead atoms. The fourth-order valence-corrected chi connectivity index (χ4v) is 5.09. The molecule has 0 aliphatic carbocycles. The smallest absolute Gasteiger partial charge is 0.173 e. The molecule has 0 unspecified atom stereocenters. The average Bonchev–Trinajstić information content (AvgIpc) is 2.91. The van der Waals surface area contributed by atoms with Gasteiger partial charge in [0, 0.05) is 16.3 Å². The molecule has 0 aliphatic heterocycles. The Labute approximate surface area is 169 Å². The number of carbonyl (C=O) groups is 1. The summed E-state index contributed by atoms with van der Waals surface area (Å²) in [5, 5.41) is 1.97. The molecular weight excluding hydrogens is 448 g/mol. The molecule has 1 aromatic heterocycles. The summed E-state index contributed by atoms with van der Waals surface area (Å²) in [4.78, 5) is 13.0. The first kappa shape index (κ1) is 22.4. The van der Waals surface area contributed by atoms with Crippen molar-refractivity contribution in [1.82, 2.24) is 0 Å². The molecule has 0 radical (unpaired) electrons. The highest BCUT2D eigenvalue weighted by Crippen LogP contribution is 2.33. The predicted molar refractivity (Wildman–Crippen MR) is 114 cm³/mol. The molecule has 1 nitrogen and oxygen atoms in total. The quantitative estimate of drug-likeness (QED) is 0.181. The van der Waals surface area contributed by atoms with Crippen LogP contribution in [-0.4, -0.2) is 5.78 Å². The second-order valence-electron chi connectivity index (χ2n) is 6.64. The van der Waals surface area contributed by atoms with Gasteiger partial charge < -0.3 is 0 Å². The molecule has 4 heteroatoms. The molecular formula is C20H32Br2OS. The molecule has 1 rings (SSSR count). The van der Waals surface area contributed by atoms with Gasteiger partial charge in [0.15, 0.2) is 5.78 Å². The zero-order valence-electron chi connectivity index (χ0n) is 15.0. The van der Waals surface area contributed by atoms with Crippen LogP contribution in [0.5, 0.6) is 0 Å². The Morgan fingerprint density at radius 3 is 1.71 bits per heavy atom. The zero-order chi connectivity index (χ0) is 17.6. The van der Waals surface area contributed by atoms with Gasteiger partial charge in [0.25, 0.3) is 0 Å². The monoisotopic (exact) mass is 478 g/mol. The van der Waals surface area contributed by atoms with E-state index >= 15 is 0 Å². The van der Waals surface area contributed by atoms with Gasteiger partial charge in [0.2, 0.25) is 0 Å². The topological polar surface area (TPSA) is 17.1 Å². The minimum absolute atomic E-state index is 0.278. The van der Waals surface area contributed by atoms with E-state index in [9.17, 15) is 4.79 Å². The highest BCUT2D eigenvalue weighted by atomic mass is 79.9. The Balaban J connectivity index is 1.89. The molecule has 0 spiro atoms. The molecule has 1 aromatic rings. The zero-order valence-corrected chi connectivity index (χ0v) is 19.0. The van der Waals surface area contributed by atoms with Crippen LogP contribution in [0.3, 0.4) is 0 Å². The van der Waals surface area contributed by atoms with Gasteiger partial charge in [-0.15, -0.1) is 11.3 Å². The van der Waals surface area contributed by atoms with E-state index in [1.165, 1.54) is 88.4 Å². The number of ketones is 1. The van der Waals surface area contributed by atoms with Crippen molar-refractivity contribution in [3.8, 4) is 0 Å². The van der Waals surface area contributed by atoms with E-state index in [0.29, 0.717) is 6.42 Å². The summed E-state index contributed by atoms with van der Waals surface area (Å²) in [7, 11) is 0. The van der Waals surface area contributed by atoms with Gasteiger partial charge in [-0.2, -0.15) is 0 Å². The molecule has 0 atom stereocenters. The van der Waals surface area contributed by atoms with Crippen LogP contribution in [0.1, 0.15) is 106 Å². The summed E-state index contributed by atoms with van der Waals surface area (Å²) in [6.07, 6.45) is 18.1. The van der Waals surface area contributed by atoms with Gasteiger partial charge >= 0.3 is 0 Å². The molecule has 0 saturated heterocycles. The number of unbranched alkanes of at least 4 members (excludes halogenated alkanes) is 12. The Hall–Kier alpha value is 0.330. The highest BCUT2D eigenvalue weighted by Gasteiger charge is 2.14. The van der Waals surface area contributed by atoms with Crippen molar-refractivity contribution in [2.75, 3.05) is 0 Å². The summed E-state index contributed by atoms with van der Waals surface area (Å²) in [5.41, 5.74) is 0. The lowest BCUT2D eigenvalue weighted by atomic mass is 10.0. The van der Waals surface area contributed by atoms with Gasteiger partial charge in [-0.05, 0) is 38.3 Å². The lowest BCUT2D eigenvalue weighted by molar-refractivity contribution is 0.0982. The molecule has 0 saturated carbocycles. The fraction of sp³-hybridized carbons (Fsp3) is 0.750. The number of carbonyl (C=O) groups excluding carboxylic acids is 1. The molecule has 0 amide bonds. The van der Waals surface area contributed by atoms with Crippen LogP contribution in [0.4, 0.5) is 0 Å². The summed E-state index contributed by atoms with van der Waals surface area (Å²) in [6.45, 7) is 2.27. The number of halogens is 2. The second kappa shape index (κ2) is 14.5. The van der Waals surface area contributed by atoms with E-state index in [4.69, 9.17) is 0 Å². The largest absolute Gasteiger partial charge is 0.293 e. The van der Waals surface area contributed by atoms with Crippen LogP contribution in [0.25, 0.3) is 0 Å². The lowest BCUT2D eigenvalue weighted by Crippen LogP contribution is -1.96. The number of rotatable bonds is 15. The van der Waals surface area contributed by atoms with Crippen LogP contribution in [-0.2, 0) is 0 Å². The second-order valence-corrected chi connectivity index (χ2v) is 9.17. The molecule has 1 heterocycles. The molecule has 24 heavy (non-hydrogen) atoms. The Bertz CT molecular complexity index is 456. The summed E-state index contributed by atoms with van der Waals surface area (Å²) in [5.74, 6) is 0.278. The first-order chi connectivity index (χ1) is 11.7. The third-order valence-corrected chi connectivity index (χ3v) is 8.02. The maximum Gasteiger partial charge on any atom is 0.173 e. The molecule has 0 N–H and O–H groups in total. The third-order valence-electron chi connectivity index (χ3n) is 4.45. The van der Waals surface area contributed by atoms with Crippen molar-refractivity contribution in [3.63, 3.8) is 0 Å². The highest BCUT2D eigenvalue weighted by molar-refractivity contribution is 9.13. The third kappa shape index (κ3) is 9.72. The average molecular weight is 480 g/mol. The van der Waals surface area contributed by atoms with Crippen molar-refractivity contribution in [3.05, 3.63) is 19.2 Å². The van der Waals surface area contributed by atoms with Crippen molar-refractivity contribution >= 4 is 49.0 Å². The number of hydrogen-bond donors (Lipinski definition) is 0. The summed E-state index contributed by atoms with van der Waals surface area (Å²) < 4.78 is 1.91. The number of Topliss-reactive ketones (excluding diaryl/α,β-unsaturated/α-hetero) is 1. The summed E-state index contributed by atoms with van der Waals surface area (Å²) >= 11 is 8.44. The van der Waals surface area contributed by atoms with Crippen molar-refractivity contribution in [2.45, 2.75) is 96.8 Å². The van der Waals surface area contributed by atoms with Gasteiger partial charge in [-0.25, -0.2) is 0 Å². The number of thiophene rings is 1. The van der Waals surface area contributed by atoms with Gasteiger partial charge in [0.05, 0.1) is 9.35 Å². The van der Waals surface area contributed by atoms with Crippen LogP contribution < -0.4 is 0 Å². The van der Waals surface area contributed by atoms with Crippen LogP contribution in [0, 0.1) is 0 Å². The Kier molecular flexibility index (Phi) is 13.5. The Morgan fingerprint density at radius 1 is 0.833 bits per heavy atom. The SMILES string of the molecule is CCCCCCCCCCCCCCCC(=O)c1scc(Br)c1Br. The van der Waals surface area contributed by atoms with Crippen LogP contribution >= 0.6 is 43.2 Å². The summed E-state index contributed by atoms with van der Waals surface area (Å²) in [6, 6.07) is 0. The van der Waals surface area contributed by atoms with E-state index in [2.05, 4.69) is 38.8 Å². The fourth-order valence-electron chi connectivity index (χ4n) is 2.93. The van der Waals surface area contributed by atoms with Crippen molar-refractivity contribution < 1.29 is 4.79 Å². The predicted octanol–water partition coefficient (Wildman–Crippen LogP) is 8.94.